The van der Waals surface area contributed by atoms with Gasteiger partial charge in [-0.25, -0.2) is 0 Å². The highest BCUT2D eigenvalue weighted by atomic mass is 16.7. The van der Waals surface area contributed by atoms with Crippen LogP contribution in [0.1, 0.15) is 16.7 Å². The van der Waals surface area contributed by atoms with Gasteiger partial charge in [-0.3, -0.25) is 0 Å². The zero-order chi connectivity index (χ0) is 15.5. The molecule has 0 radical (unpaired) electrons. The molecule has 23 heavy (non-hydrogen) atoms. The van der Waals surface area contributed by atoms with Gasteiger partial charge in [-0.05, 0) is 30.0 Å². The number of benzene rings is 2. The minimum absolute atomic E-state index is 0.298. The van der Waals surface area contributed by atoms with Crippen molar-refractivity contribution in [3.05, 3.63) is 59.2 Å². The fourth-order valence-electron chi connectivity index (χ4n) is 3.33. The van der Waals surface area contributed by atoms with Crippen LogP contribution in [0.25, 0.3) is 0 Å². The number of hydrogen-bond donors (Lipinski definition) is 1. The maximum Gasteiger partial charge on any atom is 0.189 e. The van der Waals surface area contributed by atoms with E-state index in [1.54, 1.807) is 0 Å². The summed E-state index contributed by atoms with van der Waals surface area (Å²) in [5, 5.41) is 3.59. The number of rotatable bonds is 5. The second-order valence-corrected chi connectivity index (χ2v) is 6.03. The van der Waals surface area contributed by atoms with Crippen molar-refractivity contribution < 1.29 is 14.2 Å². The quantitative estimate of drug-likeness (QED) is 0.862. The van der Waals surface area contributed by atoms with Crippen molar-refractivity contribution in [1.82, 2.24) is 5.32 Å². The molecule has 2 aromatic rings. The van der Waals surface area contributed by atoms with Gasteiger partial charge in [-0.1, -0.05) is 36.4 Å². The van der Waals surface area contributed by atoms with Crippen LogP contribution in [0.5, 0.6) is 11.5 Å². The summed E-state index contributed by atoms with van der Waals surface area (Å²) in [6.07, 6.45) is 2.22. The molecule has 0 unspecified atom stereocenters. The van der Waals surface area contributed by atoms with Gasteiger partial charge in [0.25, 0.3) is 0 Å². The van der Waals surface area contributed by atoms with Crippen LogP contribution in [0, 0.1) is 0 Å². The molecule has 0 fully saturated rings. The first-order chi connectivity index (χ1) is 11.4. The van der Waals surface area contributed by atoms with Crippen molar-refractivity contribution in [1.29, 1.82) is 0 Å². The van der Waals surface area contributed by atoms with E-state index in [9.17, 15) is 0 Å². The Labute approximate surface area is 136 Å². The minimum atomic E-state index is 0.298. The molecule has 2 aromatic carbocycles. The Morgan fingerprint density at radius 1 is 1.00 bits per heavy atom. The van der Waals surface area contributed by atoms with Crippen LogP contribution >= 0.6 is 0 Å². The van der Waals surface area contributed by atoms with E-state index < -0.39 is 0 Å². The molecular weight excluding hydrogens is 290 g/mol. The second-order valence-electron chi connectivity index (χ2n) is 6.03. The molecule has 4 heteroatoms. The van der Waals surface area contributed by atoms with Crippen LogP contribution < -0.4 is 14.8 Å². The predicted octanol–water partition coefficient (Wildman–Crippen LogP) is 2.69. The fourth-order valence-corrected chi connectivity index (χ4v) is 3.33. The summed E-state index contributed by atoms with van der Waals surface area (Å²) in [7, 11) is 0. The van der Waals surface area contributed by atoms with Crippen LogP contribution in [0.3, 0.4) is 0 Å². The van der Waals surface area contributed by atoms with Crippen LogP contribution in [-0.4, -0.2) is 26.0 Å². The summed E-state index contributed by atoms with van der Waals surface area (Å²) in [6.45, 7) is 2.35. The summed E-state index contributed by atoms with van der Waals surface area (Å²) < 4.78 is 16.7. The minimum Gasteiger partial charge on any atom is -0.488 e. The van der Waals surface area contributed by atoms with Crippen molar-refractivity contribution in [3.8, 4) is 11.5 Å². The molecular formula is C19H21NO3. The SMILES string of the molecule is c1ccc2c(c1)CC(NCCOc1cccc3c1OCOC3)C2. The van der Waals surface area contributed by atoms with Gasteiger partial charge in [0.2, 0.25) is 0 Å². The lowest BCUT2D eigenvalue weighted by atomic mass is 10.1. The lowest BCUT2D eigenvalue weighted by Gasteiger charge is -2.20. The van der Waals surface area contributed by atoms with Crippen LogP contribution in [0.2, 0.25) is 0 Å². The normalized spacial score (nSPS) is 16.5. The molecule has 0 saturated carbocycles. The smallest absolute Gasteiger partial charge is 0.189 e. The first-order valence-corrected chi connectivity index (χ1v) is 8.15. The molecule has 1 aliphatic heterocycles. The lowest BCUT2D eigenvalue weighted by molar-refractivity contribution is -0.0183. The third-order valence-corrected chi connectivity index (χ3v) is 4.45. The van der Waals surface area contributed by atoms with Crippen molar-refractivity contribution in [3.63, 3.8) is 0 Å². The van der Waals surface area contributed by atoms with Gasteiger partial charge in [-0.2, -0.15) is 0 Å². The summed E-state index contributed by atoms with van der Waals surface area (Å²) in [6, 6.07) is 15.1. The van der Waals surface area contributed by atoms with Crippen molar-refractivity contribution in [2.75, 3.05) is 19.9 Å². The standard InChI is InChI=1S/C19H21NO3/c1-2-5-15-11-17(10-14(15)4-1)20-8-9-22-18-7-3-6-16-12-21-13-23-19(16)18/h1-7,17,20H,8-13H2. The summed E-state index contributed by atoms with van der Waals surface area (Å²) in [5.74, 6) is 1.63. The monoisotopic (exact) mass is 311 g/mol. The molecule has 0 bridgehead atoms. The number of ether oxygens (including phenoxy) is 3. The Morgan fingerprint density at radius 3 is 2.61 bits per heavy atom. The maximum atomic E-state index is 5.90. The molecule has 4 rings (SSSR count). The van der Waals surface area contributed by atoms with E-state index in [0.29, 0.717) is 26.0 Å². The van der Waals surface area contributed by atoms with Gasteiger partial charge in [-0.15, -0.1) is 0 Å². The second kappa shape index (κ2) is 6.60. The third-order valence-electron chi connectivity index (χ3n) is 4.45. The highest BCUT2D eigenvalue weighted by Crippen LogP contribution is 2.33. The molecule has 0 atom stereocenters. The van der Waals surface area contributed by atoms with Gasteiger partial charge in [0, 0.05) is 18.2 Å². The largest absolute Gasteiger partial charge is 0.488 e. The molecule has 2 aliphatic rings. The first kappa shape index (κ1) is 14.5. The molecule has 120 valence electrons. The highest BCUT2D eigenvalue weighted by molar-refractivity contribution is 5.46. The molecule has 0 amide bonds. The zero-order valence-corrected chi connectivity index (χ0v) is 13.1. The van der Waals surface area contributed by atoms with E-state index in [-0.39, 0.29) is 0 Å². The zero-order valence-electron chi connectivity index (χ0n) is 13.1. The van der Waals surface area contributed by atoms with Crippen molar-refractivity contribution in [2.24, 2.45) is 0 Å². The van der Waals surface area contributed by atoms with E-state index in [1.807, 2.05) is 18.2 Å². The maximum absolute atomic E-state index is 5.90. The summed E-state index contributed by atoms with van der Waals surface area (Å²) in [5.41, 5.74) is 3.99. The number of hydrogen-bond acceptors (Lipinski definition) is 4. The molecule has 0 spiro atoms. The molecule has 1 aliphatic carbocycles. The average molecular weight is 311 g/mol. The van der Waals surface area contributed by atoms with Crippen molar-refractivity contribution in [2.45, 2.75) is 25.5 Å². The Balaban J connectivity index is 1.27. The lowest BCUT2D eigenvalue weighted by Crippen LogP contribution is -2.33. The summed E-state index contributed by atoms with van der Waals surface area (Å²) >= 11 is 0. The Bertz CT molecular complexity index is 661. The van der Waals surface area contributed by atoms with Crippen LogP contribution in [-0.2, 0) is 24.2 Å². The number of nitrogens with one attached hydrogen (secondary N) is 1. The third kappa shape index (κ3) is 3.19. The van der Waals surface area contributed by atoms with Crippen LogP contribution in [0.4, 0.5) is 0 Å². The van der Waals surface area contributed by atoms with E-state index in [4.69, 9.17) is 14.2 Å². The van der Waals surface area contributed by atoms with E-state index in [1.165, 1.54) is 11.1 Å². The van der Waals surface area contributed by atoms with Gasteiger partial charge < -0.3 is 19.5 Å². The predicted molar refractivity (Wildman–Crippen MR) is 87.9 cm³/mol. The highest BCUT2D eigenvalue weighted by Gasteiger charge is 2.20. The average Bonchev–Trinajstić information content (AvgIpc) is 3.01. The summed E-state index contributed by atoms with van der Waals surface area (Å²) in [4.78, 5) is 0. The molecule has 4 nitrogen and oxygen atoms in total. The van der Waals surface area contributed by atoms with Gasteiger partial charge in [0.05, 0.1) is 6.61 Å². The Morgan fingerprint density at radius 2 is 1.78 bits per heavy atom. The fraction of sp³-hybridized carbons (Fsp3) is 0.368. The number of fused-ring (bicyclic) bond motifs is 2. The molecule has 1 heterocycles. The first-order valence-electron chi connectivity index (χ1n) is 8.15. The van der Waals surface area contributed by atoms with Gasteiger partial charge in [0.15, 0.2) is 18.3 Å². The van der Waals surface area contributed by atoms with Gasteiger partial charge in [0.1, 0.15) is 6.61 Å². The number of para-hydroxylation sites is 1. The van der Waals surface area contributed by atoms with E-state index in [2.05, 4.69) is 29.6 Å². The van der Waals surface area contributed by atoms with Gasteiger partial charge >= 0.3 is 0 Å². The molecule has 0 aromatic heterocycles. The molecule has 0 saturated heterocycles. The van der Waals surface area contributed by atoms with E-state index in [0.717, 1.165) is 36.4 Å². The van der Waals surface area contributed by atoms with Crippen LogP contribution in [0.15, 0.2) is 42.5 Å². The Hall–Kier alpha value is -2.04. The molecule has 1 N–H and O–H groups in total. The van der Waals surface area contributed by atoms with Crippen molar-refractivity contribution >= 4 is 0 Å². The Kier molecular flexibility index (Phi) is 4.18. The van der Waals surface area contributed by atoms with E-state index >= 15 is 0 Å². The topological polar surface area (TPSA) is 39.7 Å².